The van der Waals surface area contributed by atoms with Crippen molar-refractivity contribution < 1.29 is 14.3 Å². The topological polar surface area (TPSA) is 72.6 Å². The number of nitrogens with zero attached hydrogens (tertiary/aromatic N) is 1. The molecule has 1 amide bonds. The van der Waals surface area contributed by atoms with Gasteiger partial charge in [0.25, 0.3) is 0 Å². The molecule has 1 heterocycles. The molecule has 5 nitrogen and oxygen atoms in total. The van der Waals surface area contributed by atoms with Crippen molar-refractivity contribution in [2.24, 2.45) is 5.73 Å². The summed E-state index contributed by atoms with van der Waals surface area (Å²) in [6.45, 7) is 0.967. The van der Waals surface area contributed by atoms with Crippen LogP contribution in [0, 0.1) is 0 Å². The predicted octanol–water partition coefficient (Wildman–Crippen LogP) is -0.501. The van der Waals surface area contributed by atoms with E-state index >= 15 is 0 Å². The highest BCUT2D eigenvalue weighted by Crippen LogP contribution is 2.10. The quantitative estimate of drug-likeness (QED) is 0.623. The Labute approximate surface area is 83.2 Å². The number of nitrogens with two attached hydrogens (primary N) is 1. The van der Waals surface area contributed by atoms with Gasteiger partial charge in [-0.05, 0) is 12.8 Å². The minimum absolute atomic E-state index is 0.0793. The summed E-state index contributed by atoms with van der Waals surface area (Å²) in [6.07, 6.45) is 2.48. The third kappa shape index (κ3) is 2.70. The molecule has 1 unspecified atom stereocenters. The minimum atomic E-state index is -0.720. The Kier molecular flexibility index (Phi) is 3.88. The van der Waals surface area contributed by atoms with E-state index in [2.05, 4.69) is 4.74 Å². The Bertz CT molecular complexity index is 230. The van der Waals surface area contributed by atoms with Gasteiger partial charge in [0.2, 0.25) is 5.91 Å². The van der Waals surface area contributed by atoms with E-state index in [9.17, 15) is 9.59 Å². The second kappa shape index (κ2) is 4.95. The molecular formula is C9H16N2O3. The van der Waals surface area contributed by atoms with Crippen LogP contribution in [0.3, 0.4) is 0 Å². The fourth-order valence-electron chi connectivity index (χ4n) is 1.52. The molecule has 1 saturated heterocycles. The van der Waals surface area contributed by atoms with Crippen molar-refractivity contribution >= 4 is 11.9 Å². The smallest absolute Gasteiger partial charge is 0.324 e. The molecule has 1 fully saturated rings. The van der Waals surface area contributed by atoms with Crippen molar-refractivity contribution in [2.75, 3.05) is 20.2 Å². The van der Waals surface area contributed by atoms with Crippen molar-refractivity contribution in [3.8, 4) is 0 Å². The molecule has 5 heteroatoms. The summed E-state index contributed by atoms with van der Waals surface area (Å²) in [7, 11) is 1.29. The lowest BCUT2D eigenvalue weighted by molar-refractivity contribution is -0.143. The average molecular weight is 200 g/mol. The van der Waals surface area contributed by atoms with Crippen molar-refractivity contribution in [1.29, 1.82) is 0 Å². The zero-order valence-electron chi connectivity index (χ0n) is 8.36. The summed E-state index contributed by atoms with van der Waals surface area (Å²) in [5, 5.41) is 0. The first-order valence-electron chi connectivity index (χ1n) is 4.76. The zero-order valence-corrected chi connectivity index (χ0v) is 8.36. The number of esters is 1. The molecule has 2 N–H and O–H groups in total. The lowest BCUT2D eigenvalue weighted by Gasteiger charge is -2.28. The Morgan fingerprint density at radius 2 is 2.36 bits per heavy atom. The molecule has 80 valence electrons. The standard InChI is InChI=1S/C9H16N2O3/c1-14-9(13)7(10)6-11-5-3-2-4-8(11)12/h7H,2-6,10H2,1H3. The van der Waals surface area contributed by atoms with E-state index < -0.39 is 12.0 Å². The van der Waals surface area contributed by atoms with Crippen molar-refractivity contribution in [3.63, 3.8) is 0 Å². The number of carbonyl (C=O) groups excluding carboxylic acids is 2. The van der Waals surface area contributed by atoms with Gasteiger partial charge < -0.3 is 15.4 Å². The third-order valence-corrected chi connectivity index (χ3v) is 2.34. The lowest BCUT2D eigenvalue weighted by Crippen LogP contribution is -2.47. The van der Waals surface area contributed by atoms with Gasteiger partial charge in [0.1, 0.15) is 6.04 Å². The Hall–Kier alpha value is -1.10. The first-order chi connectivity index (χ1) is 6.65. The van der Waals surface area contributed by atoms with E-state index in [4.69, 9.17) is 5.73 Å². The van der Waals surface area contributed by atoms with Gasteiger partial charge in [-0.15, -0.1) is 0 Å². The van der Waals surface area contributed by atoms with Crippen LogP contribution >= 0.6 is 0 Å². The number of methoxy groups -OCH3 is 1. The maximum absolute atomic E-state index is 11.4. The van der Waals surface area contributed by atoms with Crippen LogP contribution in [0.1, 0.15) is 19.3 Å². The summed E-state index contributed by atoms with van der Waals surface area (Å²) in [5.74, 6) is -0.390. The van der Waals surface area contributed by atoms with Gasteiger partial charge in [0.05, 0.1) is 7.11 Å². The monoisotopic (exact) mass is 200 g/mol. The molecular weight excluding hydrogens is 184 g/mol. The molecule has 0 aromatic rings. The lowest BCUT2D eigenvalue weighted by atomic mass is 10.1. The fourth-order valence-corrected chi connectivity index (χ4v) is 1.52. The number of ether oxygens (including phenoxy) is 1. The van der Waals surface area contributed by atoms with Crippen LogP contribution in [0.2, 0.25) is 0 Å². The number of likely N-dealkylation sites (tertiary alicyclic amines) is 1. The molecule has 0 saturated carbocycles. The van der Waals surface area contributed by atoms with E-state index in [-0.39, 0.29) is 12.5 Å². The molecule has 1 aliphatic rings. The Balaban J connectivity index is 2.42. The normalized spacial score (nSPS) is 19.3. The molecule has 0 aromatic carbocycles. The van der Waals surface area contributed by atoms with Gasteiger partial charge in [0, 0.05) is 19.5 Å². The van der Waals surface area contributed by atoms with Crippen LogP contribution in [0.4, 0.5) is 0 Å². The first-order valence-corrected chi connectivity index (χ1v) is 4.76. The summed E-state index contributed by atoms with van der Waals surface area (Å²) in [5.41, 5.74) is 5.55. The number of hydrogen-bond donors (Lipinski definition) is 1. The van der Waals surface area contributed by atoms with Gasteiger partial charge in [-0.25, -0.2) is 0 Å². The van der Waals surface area contributed by atoms with Crippen LogP contribution in [0.15, 0.2) is 0 Å². The van der Waals surface area contributed by atoms with E-state index in [1.54, 1.807) is 4.90 Å². The van der Waals surface area contributed by atoms with Crippen LogP contribution < -0.4 is 5.73 Å². The molecule has 0 aliphatic carbocycles. The summed E-state index contributed by atoms with van der Waals surface area (Å²) < 4.78 is 4.49. The van der Waals surface area contributed by atoms with Gasteiger partial charge in [-0.2, -0.15) is 0 Å². The van der Waals surface area contributed by atoms with Crippen LogP contribution in [0.5, 0.6) is 0 Å². The van der Waals surface area contributed by atoms with Crippen LogP contribution in [-0.2, 0) is 14.3 Å². The Morgan fingerprint density at radius 3 is 2.93 bits per heavy atom. The van der Waals surface area contributed by atoms with Crippen molar-refractivity contribution in [1.82, 2.24) is 4.90 Å². The molecule has 0 aromatic heterocycles. The van der Waals surface area contributed by atoms with Gasteiger partial charge >= 0.3 is 5.97 Å². The van der Waals surface area contributed by atoms with Crippen LogP contribution in [0.25, 0.3) is 0 Å². The first kappa shape index (κ1) is 11.0. The summed E-state index contributed by atoms with van der Waals surface area (Å²) >= 11 is 0. The molecule has 1 rings (SSSR count). The number of carbonyl (C=O) groups is 2. The second-order valence-electron chi connectivity index (χ2n) is 3.43. The summed E-state index contributed by atoms with van der Waals surface area (Å²) in [4.78, 5) is 24.0. The molecule has 0 radical (unpaired) electrons. The largest absolute Gasteiger partial charge is 0.468 e. The van der Waals surface area contributed by atoms with Gasteiger partial charge in [-0.1, -0.05) is 0 Å². The number of piperidine rings is 1. The van der Waals surface area contributed by atoms with Crippen molar-refractivity contribution in [3.05, 3.63) is 0 Å². The number of hydrogen-bond acceptors (Lipinski definition) is 4. The molecule has 1 atom stereocenters. The van der Waals surface area contributed by atoms with E-state index in [1.807, 2.05) is 0 Å². The third-order valence-electron chi connectivity index (χ3n) is 2.34. The van der Waals surface area contributed by atoms with Gasteiger partial charge in [-0.3, -0.25) is 9.59 Å². The highest BCUT2D eigenvalue weighted by Gasteiger charge is 2.23. The molecule has 1 aliphatic heterocycles. The maximum atomic E-state index is 11.4. The molecule has 0 bridgehead atoms. The SMILES string of the molecule is COC(=O)C(N)CN1CCCCC1=O. The zero-order chi connectivity index (χ0) is 10.6. The maximum Gasteiger partial charge on any atom is 0.324 e. The highest BCUT2D eigenvalue weighted by molar-refractivity contribution is 5.79. The highest BCUT2D eigenvalue weighted by atomic mass is 16.5. The van der Waals surface area contributed by atoms with Crippen molar-refractivity contribution in [2.45, 2.75) is 25.3 Å². The van der Waals surface area contributed by atoms with Gasteiger partial charge in [0.15, 0.2) is 0 Å². The predicted molar refractivity (Wildman–Crippen MR) is 50.4 cm³/mol. The second-order valence-corrected chi connectivity index (χ2v) is 3.43. The fraction of sp³-hybridized carbons (Fsp3) is 0.778. The Morgan fingerprint density at radius 1 is 1.64 bits per heavy atom. The molecule has 14 heavy (non-hydrogen) atoms. The van der Waals surface area contributed by atoms with E-state index in [0.717, 1.165) is 12.8 Å². The van der Waals surface area contributed by atoms with E-state index in [1.165, 1.54) is 7.11 Å². The van der Waals surface area contributed by atoms with Crippen LogP contribution in [-0.4, -0.2) is 43.0 Å². The average Bonchev–Trinajstić information content (AvgIpc) is 2.20. The molecule has 0 spiro atoms. The number of rotatable bonds is 3. The minimum Gasteiger partial charge on any atom is -0.468 e. The van der Waals surface area contributed by atoms with E-state index in [0.29, 0.717) is 13.0 Å². The number of amides is 1. The summed E-state index contributed by atoms with van der Waals surface area (Å²) in [6, 6.07) is -0.720.